The van der Waals surface area contributed by atoms with Gasteiger partial charge in [-0.3, -0.25) is 4.79 Å². The summed E-state index contributed by atoms with van der Waals surface area (Å²) in [5.41, 5.74) is 0.482. The van der Waals surface area contributed by atoms with Gasteiger partial charge in [0.1, 0.15) is 12.3 Å². The molecule has 1 aromatic heterocycles. The van der Waals surface area contributed by atoms with Gasteiger partial charge in [0.2, 0.25) is 5.91 Å². The van der Waals surface area contributed by atoms with Gasteiger partial charge in [0.15, 0.2) is 5.96 Å². The van der Waals surface area contributed by atoms with Gasteiger partial charge in [-0.25, -0.2) is 4.99 Å². The molecular weight excluding hydrogens is 443 g/mol. The number of amides is 1. The Morgan fingerprint density at radius 3 is 2.77 bits per heavy atom. The van der Waals surface area contributed by atoms with Crippen molar-refractivity contribution in [1.82, 2.24) is 15.5 Å². The molecule has 0 aromatic carbocycles. The molecule has 2 heterocycles. The van der Waals surface area contributed by atoms with Crippen LogP contribution in [0.4, 0.5) is 0 Å². The molecule has 3 rings (SSSR count). The first-order valence-corrected chi connectivity index (χ1v) is 9.53. The van der Waals surface area contributed by atoms with Gasteiger partial charge >= 0.3 is 0 Å². The van der Waals surface area contributed by atoms with Gasteiger partial charge in [0, 0.05) is 19.6 Å². The molecule has 1 aromatic rings. The molecule has 2 fully saturated rings. The smallest absolute Gasteiger partial charge is 0.242 e. The highest BCUT2D eigenvalue weighted by Crippen LogP contribution is 2.43. The Hall–Kier alpha value is -1.25. The van der Waals surface area contributed by atoms with Gasteiger partial charge in [-0.15, -0.1) is 24.0 Å². The molecule has 1 amide bonds. The Morgan fingerprint density at radius 2 is 2.08 bits per heavy atom. The zero-order valence-electron chi connectivity index (χ0n) is 15.6. The zero-order valence-corrected chi connectivity index (χ0v) is 18.0. The highest BCUT2D eigenvalue weighted by molar-refractivity contribution is 14.0. The van der Waals surface area contributed by atoms with E-state index >= 15 is 0 Å². The minimum atomic E-state index is -0.0848. The predicted molar refractivity (Wildman–Crippen MR) is 114 cm³/mol. The maximum absolute atomic E-state index is 12.1. The summed E-state index contributed by atoms with van der Waals surface area (Å²) in [6.07, 6.45) is 9.64. The molecule has 0 atom stereocenters. The molecule has 1 aliphatic carbocycles. The second kappa shape index (κ2) is 10.2. The molecule has 0 radical (unpaired) electrons. The summed E-state index contributed by atoms with van der Waals surface area (Å²) < 4.78 is 5.22. The predicted octanol–water partition coefficient (Wildman–Crippen LogP) is 3.14. The van der Waals surface area contributed by atoms with Crippen molar-refractivity contribution in [1.29, 1.82) is 0 Å². The van der Waals surface area contributed by atoms with Gasteiger partial charge in [0.05, 0.1) is 12.8 Å². The van der Waals surface area contributed by atoms with Crippen LogP contribution >= 0.6 is 24.0 Å². The highest BCUT2D eigenvalue weighted by Gasteiger charge is 2.39. The largest absolute Gasteiger partial charge is 0.467 e. The second-order valence-corrected chi connectivity index (χ2v) is 7.26. The van der Waals surface area contributed by atoms with E-state index in [9.17, 15) is 4.79 Å². The van der Waals surface area contributed by atoms with E-state index in [0.29, 0.717) is 12.0 Å². The quantitative estimate of drug-likeness (QED) is 0.391. The number of guanidine groups is 1. The molecular formula is C19H31IN4O2. The number of nitrogens with one attached hydrogen (secondary N) is 2. The summed E-state index contributed by atoms with van der Waals surface area (Å²) in [7, 11) is 0. The topological polar surface area (TPSA) is 69.9 Å². The fourth-order valence-corrected chi connectivity index (χ4v) is 4.05. The van der Waals surface area contributed by atoms with Crippen molar-refractivity contribution in [3.05, 3.63) is 24.2 Å². The molecule has 1 saturated carbocycles. The van der Waals surface area contributed by atoms with Crippen LogP contribution in [-0.2, 0) is 11.3 Å². The summed E-state index contributed by atoms with van der Waals surface area (Å²) in [6.45, 7) is 5.55. The summed E-state index contributed by atoms with van der Waals surface area (Å²) in [4.78, 5) is 19.0. The Balaban J connectivity index is 0.00000243. The minimum Gasteiger partial charge on any atom is -0.467 e. The van der Waals surface area contributed by atoms with E-state index in [1.54, 1.807) is 6.26 Å². The Kier molecular flexibility index (Phi) is 8.24. The van der Waals surface area contributed by atoms with Crippen LogP contribution in [0.5, 0.6) is 0 Å². The lowest BCUT2D eigenvalue weighted by Gasteiger charge is -2.33. The third-order valence-electron chi connectivity index (χ3n) is 5.40. The van der Waals surface area contributed by atoms with Crippen molar-refractivity contribution in [3.8, 4) is 0 Å². The van der Waals surface area contributed by atoms with E-state index in [1.807, 2.05) is 12.1 Å². The van der Waals surface area contributed by atoms with Crippen LogP contribution in [0.25, 0.3) is 0 Å². The number of halogens is 1. The molecule has 0 bridgehead atoms. The average molecular weight is 474 g/mol. The lowest BCUT2D eigenvalue weighted by Crippen LogP contribution is -2.42. The number of carbonyl (C=O) groups excluding carboxylic acids is 1. The number of aliphatic imine (C=N–C) groups is 1. The van der Waals surface area contributed by atoms with Crippen molar-refractivity contribution in [2.24, 2.45) is 10.4 Å². The van der Waals surface area contributed by atoms with Gasteiger partial charge in [0.25, 0.3) is 0 Å². The van der Waals surface area contributed by atoms with Crippen molar-refractivity contribution in [3.63, 3.8) is 0 Å². The van der Waals surface area contributed by atoms with E-state index < -0.39 is 0 Å². The molecule has 0 unspecified atom stereocenters. The van der Waals surface area contributed by atoms with E-state index in [-0.39, 0.29) is 36.4 Å². The van der Waals surface area contributed by atoms with Gasteiger partial charge in [-0.05, 0) is 43.7 Å². The molecule has 1 aliphatic heterocycles. The standard InChI is InChI=1S/C19H30N4O2.HI/c1-2-20-18(22-14-17(24)21-13-16-7-6-12-25-16)23-11-10-19(15-23)8-4-3-5-9-19;/h6-7,12H,2-5,8-11,13-15H2,1H3,(H,20,22)(H,21,24);1H. The third-order valence-corrected chi connectivity index (χ3v) is 5.40. The van der Waals surface area contributed by atoms with E-state index in [1.165, 1.54) is 38.5 Å². The summed E-state index contributed by atoms with van der Waals surface area (Å²) in [6, 6.07) is 3.67. The molecule has 6 nitrogen and oxygen atoms in total. The SMILES string of the molecule is CCNC(=NCC(=O)NCc1ccco1)N1CCC2(CCCCC2)C1.I. The number of carbonyl (C=O) groups is 1. The van der Waals surface area contributed by atoms with Crippen LogP contribution in [0, 0.1) is 5.41 Å². The number of nitrogens with zero attached hydrogens (tertiary/aromatic N) is 2. The number of likely N-dealkylation sites (tertiary alicyclic amines) is 1. The number of hydrogen-bond acceptors (Lipinski definition) is 3. The lowest BCUT2D eigenvalue weighted by molar-refractivity contribution is -0.119. The van der Waals surface area contributed by atoms with E-state index in [0.717, 1.165) is 31.4 Å². The molecule has 26 heavy (non-hydrogen) atoms. The molecule has 2 aliphatic rings. The fraction of sp³-hybridized carbons (Fsp3) is 0.684. The maximum atomic E-state index is 12.1. The van der Waals surface area contributed by atoms with Crippen LogP contribution in [0.15, 0.2) is 27.8 Å². The third kappa shape index (κ3) is 5.62. The van der Waals surface area contributed by atoms with Crippen LogP contribution in [0.3, 0.4) is 0 Å². The average Bonchev–Trinajstić information content (AvgIpc) is 3.28. The summed E-state index contributed by atoms with van der Waals surface area (Å²) >= 11 is 0. The lowest BCUT2D eigenvalue weighted by atomic mass is 9.73. The number of rotatable bonds is 5. The normalized spacial score (nSPS) is 19.3. The first kappa shape index (κ1) is 21.1. The Morgan fingerprint density at radius 1 is 1.27 bits per heavy atom. The van der Waals surface area contributed by atoms with Crippen LogP contribution in [0.1, 0.15) is 51.2 Å². The van der Waals surface area contributed by atoms with E-state index in [4.69, 9.17) is 4.42 Å². The zero-order chi connectivity index (χ0) is 17.5. The molecule has 146 valence electrons. The van der Waals surface area contributed by atoms with Gasteiger partial charge in [-0.1, -0.05) is 19.3 Å². The molecule has 2 N–H and O–H groups in total. The monoisotopic (exact) mass is 474 g/mol. The maximum Gasteiger partial charge on any atom is 0.242 e. The molecule has 1 spiro atoms. The molecule has 1 saturated heterocycles. The minimum absolute atomic E-state index is 0. The van der Waals surface area contributed by atoms with Crippen molar-refractivity contribution in [2.75, 3.05) is 26.2 Å². The van der Waals surface area contributed by atoms with Crippen LogP contribution in [0.2, 0.25) is 0 Å². The second-order valence-electron chi connectivity index (χ2n) is 7.26. The number of hydrogen-bond donors (Lipinski definition) is 2. The van der Waals surface area contributed by atoms with Gasteiger partial charge in [-0.2, -0.15) is 0 Å². The Bertz CT molecular complexity index is 582. The summed E-state index contributed by atoms with van der Waals surface area (Å²) in [5.74, 6) is 1.54. The highest BCUT2D eigenvalue weighted by atomic mass is 127. The van der Waals surface area contributed by atoms with Crippen LogP contribution in [-0.4, -0.2) is 42.9 Å². The van der Waals surface area contributed by atoms with Crippen LogP contribution < -0.4 is 10.6 Å². The number of furan rings is 1. The van der Waals surface area contributed by atoms with Crippen molar-refractivity contribution >= 4 is 35.8 Å². The fourth-order valence-electron chi connectivity index (χ4n) is 4.05. The van der Waals surface area contributed by atoms with Crippen molar-refractivity contribution < 1.29 is 9.21 Å². The van der Waals surface area contributed by atoms with Crippen molar-refractivity contribution in [2.45, 2.75) is 52.0 Å². The first-order chi connectivity index (χ1) is 12.2. The molecule has 7 heteroatoms. The first-order valence-electron chi connectivity index (χ1n) is 9.53. The van der Waals surface area contributed by atoms with Gasteiger partial charge < -0.3 is 20.0 Å². The summed E-state index contributed by atoms with van der Waals surface area (Å²) in [5, 5.41) is 6.19. The Labute approximate surface area is 173 Å². The van der Waals surface area contributed by atoms with E-state index in [2.05, 4.69) is 27.4 Å².